The molecule has 130 valence electrons. The number of nitrogens with zero attached hydrogens (tertiary/aromatic N) is 4. The predicted octanol–water partition coefficient (Wildman–Crippen LogP) is 1.54. The van der Waals surface area contributed by atoms with E-state index < -0.39 is 17.8 Å². The van der Waals surface area contributed by atoms with Crippen LogP contribution in [-0.2, 0) is 17.6 Å². The minimum Gasteiger partial charge on any atom is -0.319 e. The first-order chi connectivity index (χ1) is 11.3. The molecule has 0 bridgehead atoms. The Morgan fingerprint density at radius 2 is 1.54 bits per heavy atom. The van der Waals surface area contributed by atoms with Crippen LogP contribution in [0.15, 0.2) is 11.8 Å². The number of nitrogens with one attached hydrogen (secondary N) is 4. The molecule has 4 N–H and O–H groups in total. The van der Waals surface area contributed by atoms with Crippen molar-refractivity contribution in [3.05, 3.63) is 23.4 Å². The van der Waals surface area contributed by atoms with Crippen LogP contribution in [-0.4, -0.2) is 42.4 Å². The number of hydrogen-bond acceptors (Lipinski definition) is 6. The number of amides is 1. The summed E-state index contributed by atoms with van der Waals surface area (Å²) in [5.41, 5.74) is -1.31. The van der Waals surface area contributed by atoms with E-state index in [9.17, 15) is 18.0 Å². The van der Waals surface area contributed by atoms with Gasteiger partial charge in [0.1, 0.15) is 17.3 Å². The van der Waals surface area contributed by atoms with Crippen molar-refractivity contribution >= 4 is 17.8 Å². The third-order valence-electron chi connectivity index (χ3n) is 2.80. The van der Waals surface area contributed by atoms with Gasteiger partial charge < -0.3 is 5.32 Å². The number of alkyl halides is 3. The first-order valence-corrected chi connectivity index (χ1v) is 7.01. The van der Waals surface area contributed by atoms with Gasteiger partial charge in [0.2, 0.25) is 11.9 Å². The van der Waals surface area contributed by atoms with Gasteiger partial charge in [-0.1, -0.05) is 13.8 Å². The van der Waals surface area contributed by atoms with E-state index in [1.807, 2.05) is 5.32 Å². The lowest BCUT2D eigenvalue weighted by molar-refractivity contribution is -0.113. The standard InChI is InChI=1S/C12H15F3N8O/c1-3-7-17-10(22-20-7)16-6(12(13,14)15)5-9(24)19-11-18-8(4-2)21-23-11/h5H,3-4H2,1-2H3,(H2,16,17,20,22)(H2,18,19,21,23,24)/b6-5+. The van der Waals surface area contributed by atoms with Crippen molar-refractivity contribution in [2.24, 2.45) is 0 Å². The van der Waals surface area contributed by atoms with Crippen LogP contribution in [0, 0.1) is 0 Å². The van der Waals surface area contributed by atoms with Crippen LogP contribution >= 0.6 is 0 Å². The molecule has 1 amide bonds. The highest BCUT2D eigenvalue weighted by molar-refractivity contribution is 5.98. The maximum absolute atomic E-state index is 13.0. The average molecular weight is 344 g/mol. The van der Waals surface area contributed by atoms with E-state index in [4.69, 9.17) is 0 Å². The highest BCUT2D eigenvalue weighted by atomic mass is 19.4. The van der Waals surface area contributed by atoms with Crippen LogP contribution in [0.25, 0.3) is 0 Å². The van der Waals surface area contributed by atoms with Crippen molar-refractivity contribution in [2.75, 3.05) is 10.6 Å². The number of aromatic nitrogens is 6. The normalized spacial score (nSPS) is 12.3. The van der Waals surface area contributed by atoms with E-state index in [0.29, 0.717) is 30.6 Å². The molecule has 0 aliphatic heterocycles. The van der Waals surface area contributed by atoms with E-state index >= 15 is 0 Å². The number of hydrogen-bond donors (Lipinski definition) is 4. The van der Waals surface area contributed by atoms with Gasteiger partial charge in [0.15, 0.2) is 0 Å². The second-order valence-electron chi connectivity index (χ2n) is 4.59. The molecule has 0 spiro atoms. The van der Waals surface area contributed by atoms with E-state index in [2.05, 4.69) is 35.7 Å². The molecule has 0 saturated heterocycles. The highest BCUT2D eigenvalue weighted by Gasteiger charge is 2.35. The quantitative estimate of drug-likeness (QED) is 0.589. The fraction of sp³-hybridized carbons (Fsp3) is 0.417. The zero-order chi connectivity index (χ0) is 17.7. The van der Waals surface area contributed by atoms with Gasteiger partial charge in [0.05, 0.1) is 0 Å². The molecule has 0 aromatic carbocycles. The minimum atomic E-state index is -4.79. The molecule has 0 radical (unpaired) electrons. The first kappa shape index (κ1) is 17.4. The monoisotopic (exact) mass is 344 g/mol. The van der Waals surface area contributed by atoms with Crippen molar-refractivity contribution in [3.8, 4) is 0 Å². The summed E-state index contributed by atoms with van der Waals surface area (Å²) < 4.78 is 39.1. The Balaban J connectivity index is 2.13. The van der Waals surface area contributed by atoms with Gasteiger partial charge in [-0.05, 0) is 0 Å². The van der Waals surface area contributed by atoms with E-state index in [0.717, 1.165) is 0 Å². The maximum atomic E-state index is 13.0. The summed E-state index contributed by atoms with van der Waals surface area (Å²) in [5.74, 6) is -0.523. The summed E-state index contributed by atoms with van der Waals surface area (Å²) in [4.78, 5) is 19.4. The lowest BCUT2D eigenvalue weighted by Gasteiger charge is -2.11. The van der Waals surface area contributed by atoms with E-state index in [1.54, 1.807) is 13.8 Å². The van der Waals surface area contributed by atoms with Crippen molar-refractivity contribution in [1.82, 2.24) is 30.4 Å². The zero-order valence-corrected chi connectivity index (χ0v) is 12.8. The Hall–Kier alpha value is -2.92. The molecule has 0 atom stereocenters. The third-order valence-corrected chi connectivity index (χ3v) is 2.80. The fourth-order valence-corrected chi connectivity index (χ4v) is 1.61. The van der Waals surface area contributed by atoms with Crippen LogP contribution in [0.3, 0.4) is 0 Å². The molecule has 2 aromatic heterocycles. The van der Waals surface area contributed by atoms with Gasteiger partial charge in [-0.2, -0.15) is 23.1 Å². The topological polar surface area (TPSA) is 124 Å². The lowest BCUT2D eigenvalue weighted by atomic mass is 10.3. The molecular weight excluding hydrogens is 329 g/mol. The number of H-pyrrole nitrogens is 2. The largest absolute Gasteiger partial charge is 0.431 e. The van der Waals surface area contributed by atoms with Crippen LogP contribution < -0.4 is 10.6 Å². The Morgan fingerprint density at radius 3 is 1.96 bits per heavy atom. The molecule has 0 saturated carbocycles. The third kappa shape index (κ3) is 4.54. The van der Waals surface area contributed by atoms with E-state index in [1.165, 1.54) is 0 Å². The Morgan fingerprint density at radius 1 is 1.04 bits per heavy atom. The molecule has 12 heteroatoms. The molecule has 24 heavy (non-hydrogen) atoms. The fourth-order valence-electron chi connectivity index (χ4n) is 1.61. The number of carbonyl (C=O) groups is 1. The molecule has 0 unspecified atom stereocenters. The first-order valence-electron chi connectivity index (χ1n) is 7.01. The van der Waals surface area contributed by atoms with Crippen LogP contribution in [0.1, 0.15) is 25.5 Å². The second-order valence-corrected chi connectivity index (χ2v) is 4.59. The lowest BCUT2D eigenvalue weighted by Crippen LogP contribution is -2.23. The van der Waals surface area contributed by atoms with Gasteiger partial charge in [0, 0.05) is 18.9 Å². The molecule has 0 aliphatic rings. The maximum Gasteiger partial charge on any atom is 0.431 e. The summed E-state index contributed by atoms with van der Waals surface area (Å²) in [6.45, 7) is 3.57. The average Bonchev–Trinajstić information content (AvgIpc) is 3.14. The number of halogens is 3. The van der Waals surface area contributed by atoms with Crippen molar-refractivity contribution in [1.29, 1.82) is 0 Å². The molecule has 0 fully saturated rings. The summed E-state index contributed by atoms with van der Waals surface area (Å²) in [6.07, 6.45) is -3.43. The highest BCUT2D eigenvalue weighted by Crippen LogP contribution is 2.26. The Bertz CT molecular complexity index is 733. The number of aryl methyl sites for hydroxylation is 2. The SMILES string of the molecule is CCc1nc(NC(=O)/C=C(/Nc2n[nH]c(CC)n2)C(F)(F)F)n[nH]1. The van der Waals surface area contributed by atoms with Crippen LogP contribution in [0.4, 0.5) is 25.1 Å². The number of carbonyl (C=O) groups excluding carboxylic acids is 1. The van der Waals surface area contributed by atoms with Gasteiger partial charge in [-0.3, -0.25) is 20.3 Å². The molecule has 2 rings (SSSR count). The van der Waals surface area contributed by atoms with Crippen LogP contribution in [0.2, 0.25) is 0 Å². The van der Waals surface area contributed by atoms with Gasteiger partial charge in [-0.15, -0.1) is 10.2 Å². The molecular formula is C12H15F3N8O. The van der Waals surface area contributed by atoms with E-state index in [-0.39, 0.29) is 11.9 Å². The Kier molecular flexibility index (Phi) is 5.16. The molecule has 9 nitrogen and oxygen atoms in total. The number of rotatable bonds is 6. The number of anilines is 2. The zero-order valence-electron chi connectivity index (χ0n) is 12.8. The molecule has 2 heterocycles. The summed E-state index contributed by atoms with van der Waals surface area (Å²) >= 11 is 0. The van der Waals surface area contributed by atoms with Gasteiger partial charge >= 0.3 is 6.18 Å². The minimum absolute atomic E-state index is 0.110. The van der Waals surface area contributed by atoms with Gasteiger partial charge in [-0.25, -0.2) is 0 Å². The summed E-state index contributed by atoms with van der Waals surface area (Å²) in [6, 6.07) is 0. The molecule has 2 aromatic rings. The van der Waals surface area contributed by atoms with Gasteiger partial charge in [0.25, 0.3) is 5.91 Å². The predicted molar refractivity (Wildman–Crippen MR) is 77.9 cm³/mol. The smallest absolute Gasteiger partial charge is 0.319 e. The number of allylic oxidation sites excluding steroid dienone is 1. The number of aromatic amines is 2. The Labute approximate surface area is 134 Å². The molecule has 0 aliphatic carbocycles. The van der Waals surface area contributed by atoms with Crippen molar-refractivity contribution < 1.29 is 18.0 Å². The summed E-state index contributed by atoms with van der Waals surface area (Å²) in [5, 5.41) is 16.4. The van der Waals surface area contributed by atoms with Crippen LogP contribution in [0.5, 0.6) is 0 Å². The second kappa shape index (κ2) is 7.10. The summed E-state index contributed by atoms with van der Waals surface area (Å²) in [7, 11) is 0. The van der Waals surface area contributed by atoms with Crippen molar-refractivity contribution in [2.45, 2.75) is 32.9 Å². The van der Waals surface area contributed by atoms with Crippen molar-refractivity contribution in [3.63, 3.8) is 0 Å².